The molecule has 0 radical (unpaired) electrons. The van der Waals surface area contributed by atoms with Crippen molar-refractivity contribution < 1.29 is 9.53 Å². The molecule has 4 nitrogen and oxygen atoms in total. The van der Waals surface area contributed by atoms with Crippen molar-refractivity contribution in [2.24, 2.45) is 5.92 Å². The second-order valence-corrected chi connectivity index (χ2v) is 7.85. The van der Waals surface area contributed by atoms with Gasteiger partial charge in [-0.1, -0.05) is 20.3 Å². The summed E-state index contributed by atoms with van der Waals surface area (Å²) < 4.78 is 4.99. The van der Waals surface area contributed by atoms with Gasteiger partial charge in [-0.2, -0.15) is 0 Å². The number of thiophene rings is 1. The summed E-state index contributed by atoms with van der Waals surface area (Å²) in [5, 5.41) is 7.89. The van der Waals surface area contributed by atoms with Gasteiger partial charge in [0.25, 0.3) is 0 Å². The van der Waals surface area contributed by atoms with Gasteiger partial charge in [-0.05, 0) is 56.3 Å². The molecule has 0 saturated heterocycles. The number of esters is 1. The molecule has 0 fully saturated rings. The van der Waals surface area contributed by atoms with Gasteiger partial charge in [-0.25, -0.2) is 4.79 Å². The molecule has 6 heteroatoms. The second-order valence-electron chi connectivity index (χ2n) is 6.34. The van der Waals surface area contributed by atoms with Crippen molar-refractivity contribution >= 4 is 39.6 Å². The first-order valence-corrected chi connectivity index (χ1v) is 9.49. The molecule has 1 aliphatic carbocycles. The van der Waals surface area contributed by atoms with Crippen LogP contribution in [0.4, 0.5) is 5.00 Å². The van der Waals surface area contributed by atoms with Crippen molar-refractivity contribution in [3.8, 4) is 0 Å². The lowest BCUT2D eigenvalue weighted by molar-refractivity contribution is 0.0601. The SMILES string of the molecule is CCCC(C)NC(=S)Nc1sc2c(c1C(=O)OC)CCC(C)C2. The first-order valence-electron chi connectivity index (χ1n) is 8.26. The van der Waals surface area contributed by atoms with Crippen LogP contribution in [0.2, 0.25) is 0 Å². The second kappa shape index (κ2) is 8.11. The van der Waals surface area contributed by atoms with Crippen LogP contribution in [0, 0.1) is 5.92 Å². The first kappa shape index (κ1) is 18.2. The standard InChI is InChI=1S/C17H26N2O2S2/c1-5-6-11(3)18-17(22)19-15-14(16(20)21-4)12-8-7-10(2)9-13(12)23-15/h10-11H,5-9H2,1-4H3,(H2,18,19,22). The summed E-state index contributed by atoms with van der Waals surface area (Å²) in [4.78, 5) is 13.5. The number of anilines is 1. The zero-order valence-electron chi connectivity index (χ0n) is 14.3. The Morgan fingerprint density at radius 3 is 2.91 bits per heavy atom. The predicted octanol–water partition coefficient (Wildman–Crippen LogP) is 4.13. The summed E-state index contributed by atoms with van der Waals surface area (Å²) in [6, 6.07) is 0.316. The number of carbonyl (C=O) groups excluding carboxylic acids is 1. The van der Waals surface area contributed by atoms with Crippen molar-refractivity contribution in [3.05, 3.63) is 16.0 Å². The molecule has 2 atom stereocenters. The van der Waals surface area contributed by atoms with E-state index in [0.717, 1.165) is 42.7 Å². The average molecular weight is 355 g/mol. The van der Waals surface area contributed by atoms with Gasteiger partial charge in [0.15, 0.2) is 5.11 Å². The molecule has 0 aliphatic heterocycles. The van der Waals surface area contributed by atoms with Gasteiger partial charge < -0.3 is 15.4 Å². The number of ether oxygens (including phenoxy) is 1. The molecule has 1 aromatic heterocycles. The number of thiocarbonyl (C=S) groups is 1. The molecule has 2 N–H and O–H groups in total. The summed E-state index contributed by atoms with van der Waals surface area (Å²) in [6.45, 7) is 6.52. The Balaban J connectivity index is 2.20. The van der Waals surface area contributed by atoms with E-state index in [9.17, 15) is 4.79 Å². The van der Waals surface area contributed by atoms with Gasteiger partial charge in [-0.15, -0.1) is 11.3 Å². The minimum absolute atomic E-state index is 0.274. The molecule has 2 unspecified atom stereocenters. The number of fused-ring (bicyclic) bond motifs is 1. The smallest absolute Gasteiger partial charge is 0.341 e. The Morgan fingerprint density at radius 2 is 2.26 bits per heavy atom. The molecule has 1 heterocycles. The molecule has 1 aromatic rings. The predicted molar refractivity (Wildman–Crippen MR) is 101 cm³/mol. The van der Waals surface area contributed by atoms with E-state index in [-0.39, 0.29) is 5.97 Å². The Hall–Kier alpha value is -1.14. The third kappa shape index (κ3) is 4.44. The van der Waals surface area contributed by atoms with Crippen LogP contribution in [0.25, 0.3) is 0 Å². The molecule has 0 amide bonds. The molecule has 128 valence electrons. The van der Waals surface area contributed by atoms with Gasteiger partial charge in [-0.3, -0.25) is 0 Å². The molecule has 1 aliphatic rings. The van der Waals surface area contributed by atoms with E-state index in [1.807, 2.05) is 0 Å². The van der Waals surface area contributed by atoms with Crippen LogP contribution in [-0.4, -0.2) is 24.2 Å². The van der Waals surface area contributed by atoms with Crippen LogP contribution in [0.3, 0.4) is 0 Å². The number of hydrogen-bond donors (Lipinski definition) is 2. The van der Waals surface area contributed by atoms with Gasteiger partial charge in [0.05, 0.1) is 12.7 Å². The van der Waals surface area contributed by atoms with E-state index >= 15 is 0 Å². The summed E-state index contributed by atoms with van der Waals surface area (Å²) in [5.74, 6) is 0.387. The van der Waals surface area contributed by atoms with Crippen LogP contribution in [0.5, 0.6) is 0 Å². The third-order valence-electron chi connectivity index (χ3n) is 4.23. The largest absolute Gasteiger partial charge is 0.465 e. The summed E-state index contributed by atoms with van der Waals surface area (Å²) >= 11 is 7.04. The number of rotatable bonds is 5. The van der Waals surface area contributed by atoms with Crippen LogP contribution in [0.1, 0.15) is 60.8 Å². The molecule has 2 rings (SSSR count). The molecule has 0 saturated carbocycles. The van der Waals surface area contributed by atoms with Crippen molar-refractivity contribution in [1.82, 2.24) is 5.32 Å². The lowest BCUT2D eigenvalue weighted by atomic mass is 9.88. The van der Waals surface area contributed by atoms with Crippen LogP contribution >= 0.6 is 23.6 Å². The Bertz CT molecular complexity index is 583. The highest BCUT2D eigenvalue weighted by Gasteiger charge is 2.28. The Kier molecular flexibility index (Phi) is 6.41. The van der Waals surface area contributed by atoms with Crippen LogP contribution < -0.4 is 10.6 Å². The van der Waals surface area contributed by atoms with E-state index in [1.165, 1.54) is 12.0 Å². The van der Waals surface area contributed by atoms with Gasteiger partial charge >= 0.3 is 5.97 Å². The minimum Gasteiger partial charge on any atom is -0.465 e. The lowest BCUT2D eigenvalue weighted by Gasteiger charge is -2.18. The van der Waals surface area contributed by atoms with E-state index in [4.69, 9.17) is 17.0 Å². The maximum absolute atomic E-state index is 12.2. The number of hydrogen-bond acceptors (Lipinski definition) is 4. The van der Waals surface area contributed by atoms with Crippen LogP contribution in [-0.2, 0) is 17.6 Å². The molecular weight excluding hydrogens is 328 g/mol. The van der Waals surface area contributed by atoms with E-state index in [1.54, 1.807) is 11.3 Å². The van der Waals surface area contributed by atoms with Crippen molar-refractivity contribution in [2.45, 2.75) is 58.9 Å². The van der Waals surface area contributed by atoms with Gasteiger partial charge in [0, 0.05) is 10.9 Å². The molecule has 23 heavy (non-hydrogen) atoms. The quantitative estimate of drug-likeness (QED) is 0.615. The summed E-state index contributed by atoms with van der Waals surface area (Å²) in [7, 11) is 1.43. The zero-order valence-corrected chi connectivity index (χ0v) is 16.0. The average Bonchev–Trinajstić information content (AvgIpc) is 2.83. The molecular formula is C17H26N2O2S2. The lowest BCUT2D eigenvalue weighted by Crippen LogP contribution is -2.35. The highest BCUT2D eigenvalue weighted by atomic mass is 32.1. The first-order chi connectivity index (χ1) is 11.0. The van der Waals surface area contributed by atoms with E-state index < -0.39 is 0 Å². The monoisotopic (exact) mass is 354 g/mol. The van der Waals surface area contributed by atoms with E-state index in [2.05, 4.69) is 31.4 Å². The minimum atomic E-state index is -0.274. The Labute approximate surface area is 148 Å². The number of methoxy groups -OCH3 is 1. The molecule has 0 bridgehead atoms. The highest BCUT2D eigenvalue weighted by molar-refractivity contribution is 7.80. The fraction of sp³-hybridized carbons (Fsp3) is 0.647. The van der Waals surface area contributed by atoms with Crippen molar-refractivity contribution in [2.75, 3.05) is 12.4 Å². The molecule has 0 aromatic carbocycles. The maximum atomic E-state index is 12.2. The van der Waals surface area contributed by atoms with E-state index in [0.29, 0.717) is 22.6 Å². The summed E-state index contributed by atoms with van der Waals surface area (Å²) in [6.07, 6.45) is 5.24. The fourth-order valence-electron chi connectivity index (χ4n) is 3.03. The topological polar surface area (TPSA) is 50.4 Å². The van der Waals surface area contributed by atoms with Crippen molar-refractivity contribution in [3.63, 3.8) is 0 Å². The van der Waals surface area contributed by atoms with Crippen LogP contribution in [0.15, 0.2) is 0 Å². The van der Waals surface area contributed by atoms with Crippen molar-refractivity contribution in [1.29, 1.82) is 0 Å². The summed E-state index contributed by atoms with van der Waals surface area (Å²) in [5.41, 5.74) is 1.82. The van der Waals surface area contributed by atoms with Gasteiger partial charge in [0.2, 0.25) is 0 Å². The third-order valence-corrected chi connectivity index (χ3v) is 5.62. The number of nitrogens with one attached hydrogen (secondary N) is 2. The number of carbonyl (C=O) groups is 1. The fourth-order valence-corrected chi connectivity index (χ4v) is 4.80. The maximum Gasteiger partial charge on any atom is 0.341 e. The normalized spacial score (nSPS) is 18.0. The zero-order chi connectivity index (χ0) is 17.0. The van der Waals surface area contributed by atoms with Gasteiger partial charge in [0.1, 0.15) is 5.00 Å². The molecule has 0 spiro atoms. The highest BCUT2D eigenvalue weighted by Crippen LogP contribution is 2.39. The Morgan fingerprint density at radius 1 is 1.52 bits per heavy atom.